The Morgan fingerprint density at radius 1 is 1.22 bits per heavy atom. The number of rotatable bonds is 4. The number of nitrogens with one attached hydrogen (secondary N) is 2. The van der Waals surface area contributed by atoms with Crippen molar-refractivity contribution < 1.29 is 4.79 Å². The molecule has 1 amide bonds. The fourth-order valence-corrected chi connectivity index (χ4v) is 2.12. The topological polar surface area (TPSA) is 44.9 Å². The minimum atomic E-state index is -0.105. The number of carbonyl (C=O) groups excluding carboxylic acids is 1. The Balaban J connectivity index is 1.95. The number of aromatic amines is 1. The molecule has 2 aromatic rings. The zero-order valence-corrected chi connectivity index (χ0v) is 11.1. The highest BCUT2D eigenvalue weighted by molar-refractivity contribution is 6.36. The maximum atomic E-state index is 11.8. The molecule has 0 saturated heterocycles. The average Bonchev–Trinajstić information content (AvgIpc) is 2.84. The maximum absolute atomic E-state index is 11.8. The molecule has 2 rings (SSSR count). The second kappa shape index (κ2) is 5.94. The lowest BCUT2D eigenvalue weighted by Crippen LogP contribution is -2.24. The molecule has 2 N–H and O–H groups in total. The zero-order valence-electron chi connectivity index (χ0n) is 9.54. The first-order chi connectivity index (χ1) is 8.66. The van der Waals surface area contributed by atoms with Crippen molar-refractivity contribution in [3.63, 3.8) is 0 Å². The van der Waals surface area contributed by atoms with Crippen LogP contribution in [-0.2, 0) is 17.8 Å². The van der Waals surface area contributed by atoms with Crippen LogP contribution in [0.15, 0.2) is 36.7 Å². The SMILES string of the molecule is O=C(Cc1c(Cl)cccc1Cl)NCc1cc[nH]c1. The molecular weight excluding hydrogens is 271 g/mol. The van der Waals surface area contributed by atoms with Gasteiger partial charge in [0.2, 0.25) is 5.91 Å². The Morgan fingerprint density at radius 3 is 2.56 bits per heavy atom. The summed E-state index contributed by atoms with van der Waals surface area (Å²) in [7, 11) is 0. The second-order valence-corrected chi connectivity index (χ2v) is 4.69. The first kappa shape index (κ1) is 13.0. The van der Waals surface area contributed by atoms with Crippen molar-refractivity contribution in [2.45, 2.75) is 13.0 Å². The second-order valence-electron chi connectivity index (χ2n) is 3.87. The van der Waals surface area contributed by atoms with Crippen LogP contribution in [0.3, 0.4) is 0 Å². The van der Waals surface area contributed by atoms with E-state index in [1.807, 2.05) is 18.5 Å². The van der Waals surface area contributed by atoms with E-state index in [2.05, 4.69) is 10.3 Å². The van der Waals surface area contributed by atoms with Gasteiger partial charge in [-0.05, 0) is 29.3 Å². The number of aromatic nitrogens is 1. The van der Waals surface area contributed by atoms with Crippen LogP contribution in [0.2, 0.25) is 10.0 Å². The Morgan fingerprint density at radius 2 is 1.94 bits per heavy atom. The molecular formula is C13H12Cl2N2O. The molecule has 0 aliphatic carbocycles. The van der Waals surface area contributed by atoms with Crippen LogP contribution in [0.1, 0.15) is 11.1 Å². The van der Waals surface area contributed by atoms with Gasteiger partial charge >= 0.3 is 0 Å². The van der Waals surface area contributed by atoms with E-state index in [1.165, 1.54) is 0 Å². The molecule has 0 atom stereocenters. The molecule has 18 heavy (non-hydrogen) atoms. The molecule has 0 fully saturated rings. The van der Waals surface area contributed by atoms with Gasteiger partial charge in [0.05, 0.1) is 6.42 Å². The number of hydrogen-bond acceptors (Lipinski definition) is 1. The zero-order chi connectivity index (χ0) is 13.0. The Hall–Kier alpha value is -1.45. The highest BCUT2D eigenvalue weighted by atomic mass is 35.5. The van der Waals surface area contributed by atoms with Gasteiger partial charge in [0, 0.05) is 29.0 Å². The number of carbonyl (C=O) groups is 1. The van der Waals surface area contributed by atoms with Crippen LogP contribution in [-0.4, -0.2) is 10.9 Å². The van der Waals surface area contributed by atoms with E-state index in [4.69, 9.17) is 23.2 Å². The number of halogens is 2. The standard InChI is InChI=1S/C13H12Cl2N2O/c14-11-2-1-3-12(15)10(11)6-13(18)17-8-9-4-5-16-7-9/h1-5,7,16H,6,8H2,(H,17,18). The van der Waals surface area contributed by atoms with Crippen molar-refractivity contribution in [2.75, 3.05) is 0 Å². The van der Waals surface area contributed by atoms with Gasteiger partial charge in [-0.2, -0.15) is 0 Å². The van der Waals surface area contributed by atoms with Crippen molar-refractivity contribution in [3.8, 4) is 0 Å². The summed E-state index contributed by atoms with van der Waals surface area (Å²) in [6, 6.07) is 7.11. The maximum Gasteiger partial charge on any atom is 0.224 e. The monoisotopic (exact) mass is 282 g/mol. The number of hydrogen-bond donors (Lipinski definition) is 2. The van der Waals surface area contributed by atoms with Crippen molar-refractivity contribution in [1.29, 1.82) is 0 Å². The molecule has 0 spiro atoms. The summed E-state index contributed by atoms with van der Waals surface area (Å²) in [5.74, 6) is -0.105. The number of benzene rings is 1. The summed E-state index contributed by atoms with van der Waals surface area (Å²) in [6.07, 6.45) is 3.83. The predicted octanol–water partition coefficient (Wildman–Crippen LogP) is 3.18. The Labute approximate surface area is 115 Å². The highest BCUT2D eigenvalue weighted by Crippen LogP contribution is 2.24. The summed E-state index contributed by atoms with van der Waals surface area (Å²) in [5, 5.41) is 3.84. The summed E-state index contributed by atoms with van der Waals surface area (Å²) in [5.41, 5.74) is 1.68. The molecule has 0 aliphatic heterocycles. The first-order valence-electron chi connectivity index (χ1n) is 5.48. The third-order valence-corrected chi connectivity index (χ3v) is 3.26. The predicted molar refractivity (Wildman–Crippen MR) is 72.8 cm³/mol. The van der Waals surface area contributed by atoms with Crippen molar-refractivity contribution in [3.05, 3.63) is 57.8 Å². The lowest BCUT2D eigenvalue weighted by atomic mass is 10.1. The Bertz CT molecular complexity index is 518. The molecule has 0 radical (unpaired) electrons. The van der Waals surface area contributed by atoms with Crippen LogP contribution in [0.25, 0.3) is 0 Å². The van der Waals surface area contributed by atoms with E-state index in [0.29, 0.717) is 22.2 Å². The highest BCUT2D eigenvalue weighted by Gasteiger charge is 2.10. The summed E-state index contributed by atoms with van der Waals surface area (Å²) in [6.45, 7) is 0.490. The van der Waals surface area contributed by atoms with Crippen LogP contribution in [0.4, 0.5) is 0 Å². The third-order valence-electron chi connectivity index (χ3n) is 2.55. The molecule has 0 saturated carbocycles. The van der Waals surface area contributed by atoms with Gasteiger partial charge in [-0.3, -0.25) is 4.79 Å². The van der Waals surface area contributed by atoms with Crippen LogP contribution in [0, 0.1) is 0 Å². The average molecular weight is 283 g/mol. The fourth-order valence-electron chi connectivity index (χ4n) is 1.59. The number of H-pyrrole nitrogens is 1. The summed E-state index contributed by atoms with van der Waals surface area (Å²) in [4.78, 5) is 14.7. The van der Waals surface area contributed by atoms with Gasteiger partial charge in [0.25, 0.3) is 0 Å². The quantitative estimate of drug-likeness (QED) is 0.889. The molecule has 1 aromatic heterocycles. The van der Waals surface area contributed by atoms with Gasteiger partial charge in [0.1, 0.15) is 0 Å². The van der Waals surface area contributed by atoms with Gasteiger partial charge < -0.3 is 10.3 Å². The van der Waals surface area contributed by atoms with E-state index in [0.717, 1.165) is 5.56 Å². The van der Waals surface area contributed by atoms with Crippen LogP contribution >= 0.6 is 23.2 Å². The molecule has 94 valence electrons. The normalized spacial score (nSPS) is 10.3. The molecule has 5 heteroatoms. The van der Waals surface area contributed by atoms with E-state index >= 15 is 0 Å². The first-order valence-corrected chi connectivity index (χ1v) is 6.23. The molecule has 0 aliphatic rings. The van der Waals surface area contributed by atoms with Gasteiger partial charge in [-0.15, -0.1) is 0 Å². The summed E-state index contributed by atoms with van der Waals surface area (Å²) < 4.78 is 0. The number of amides is 1. The molecule has 0 unspecified atom stereocenters. The van der Waals surface area contributed by atoms with E-state index in [-0.39, 0.29) is 12.3 Å². The van der Waals surface area contributed by atoms with Crippen molar-refractivity contribution >= 4 is 29.1 Å². The van der Waals surface area contributed by atoms with Crippen LogP contribution in [0.5, 0.6) is 0 Å². The van der Waals surface area contributed by atoms with Crippen molar-refractivity contribution in [1.82, 2.24) is 10.3 Å². The van der Waals surface area contributed by atoms with E-state index in [9.17, 15) is 4.79 Å². The lowest BCUT2D eigenvalue weighted by Gasteiger charge is -2.07. The van der Waals surface area contributed by atoms with Gasteiger partial charge in [0.15, 0.2) is 0 Å². The van der Waals surface area contributed by atoms with E-state index < -0.39 is 0 Å². The van der Waals surface area contributed by atoms with Gasteiger partial charge in [-0.25, -0.2) is 0 Å². The molecule has 1 aromatic carbocycles. The smallest absolute Gasteiger partial charge is 0.224 e. The molecule has 1 heterocycles. The Kier molecular flexibility index (Phi) is 4.28. The van der Waals surface area contributed by atoms with E-state index in [1.54, 1.807) is 18.2 Å². The molecule has 3 nitrogen and oxygen atoms in total. The largest absolute Gasteiger partial charge is 0.367 e. The van der Waals surface area contributed by atoms with Crippen molar-refractivity contribution in [2.24, 2.45) is 0 Å². The minimum absolute atomic E-state index is 0.105. The fraction of sp³-hybridized carbons (Fsp3) is 0.154. The minimum Gasteiger partial charge on any atom is -0.367 e. The summed E-state index contributed by atoms with van der Waals surface area (Å²) >= 11 is 12.0. The third kappa shape index (κ3) is 3.28. The molecule has 0 bridgehead atoms. The van der Waals surface area contributed by atoms with Gasteiger partial charge in [-0.1, -0.05) is 29.3 Å². The lowest BCUT2D eigenvalue weighted by molar-refractivity contribution is -0.120. The van der Waals surface area contributed by atoms with Crippen LogP contribution < -0.4 is 5.32 Å².